The van der Waals surface area contributed by atoms with E-state index >= 15 is 0 Å². The van der Waals surface area contributed by atoms with E-state index in [1.807, 2.05) is 0 Å². The van der Waals surface area contributed by atoms with Crippen LogP contribution in [0.1, 0.15) is 80.6 Å². The molecule has 98 valence electrons. The predicted molar refractivity (Wildman–Crippen MR) is 72.5 cm³/mol. The zero-order valence-electron chi connectivity index (χ0n) is 11.5. The van der Waals surface area contributed by atoms with E-state index in [4.69, 9.17) is 9.97 Å². The van der Waals surface area contributed by atoms with Crippen molar-refractivity contribution < 1.29 is 0 Å². The molecule has 0 radical (unpaired) electrons. The van der Waals surface area contributed by atoms with E-state index in [-0.39, 0.29) is 0 Å². The molecule has 2 aliphatic rings. The number of nitrogens with zero attached hydrogens (tertiary/aromatic N) is 2. The van der Waals surface area contributed by atoms with Crippen LogP contribution in [0.2, 0.25) is 0 Å². The molecular formula is C15H23N3. The molecule has 3 heteroatoms. The number of hydrogen-bond donors (Lipinski definition) is 1. The van der Waals surface area contributed by atoms with Gasteiger partial charge in [0.2, 0.25) is 0 Å². The highest BCUT2D eigenvalue weighted by Crippen LogP contribution is 2.33. The lowest BCUT2D eigenvalue weighted by Crippen LogP contribution is -2.13. The molecule has 0 bridgehead atoms. The van der Waals surface area contributed by atoms with Gasteiger partial charge in [0.25, 0.3) is 0 Å². The van der Waals surface area contributed by atoms with Crippen molar-refractivity contribution in [2.24, 2.45) is 0 Å². The molecule has 0 saturated heterocycles. The minimum absolute atomic E-state index is 0.504. The molecule has 1 aromatic heterocycles. The van der Waals surface area contributed by atoms with E-state index in [1.54, 1.807) is 0 Å². The fourth-order valence-electron chi connectivity index (χ4n) is 3.24. The van der Waals surface area contributed by atoms with Gasteiger partial charge in [0, 0.05) is 24.6 Å². The van der Waals surface area contributed by atoms with Gasteiger partial charge in [0.15, 0.2) is 0 Å². The summed E-state index contributed by atoms with van der Waals surface area (Å²) in [6, 6.07) is 0. The van der Waals surface area contributed by atoms with E-state index in [2.05, 4.69) is 19.2 Å². The van der Waals surface area contributed by atoms with Crippen LogP contribution in [0.4, 0.5) is 0 Å². The summed E-state index contributed by atoms with van der Waals surface area (Å²) >= 11 is 0. The van der Waals surface area contributed by atoms with E-state index in [0.29, 0.717) is 11.8 Å². The molecule has 2 heterocycles. The summed E-state index contributed by atoms with van der Waals surface area (Å²) < 4.78 is 0. The minimum Gasteiger partial charge on any atom is -0.307 e. The third kappa shape index (κ3) is 2.16. The van der Waals surface area contributed by atoms with Crippen LogP contribution in [-0.2, 0) is 13.1 Å². The van der Waals surface area contributed by atoms with Gasteiger partial charge in [-0.05, 0) is 18.8 Å². The van der Waals surface area contributed by atoms with Crippen molar-refractivity contribution >= 4 is 0 Å². The molecule has 3 rings (SSSR count). The van der Waals surface area contributed by atoms with Gasteiger partial charge < -0.3 is 5.32 Å². The summed E-state index contributed by atoms with van der Waals surface area (Å²) in [6.45, 7) is 6.36. The standard InChI is InChI=1S/C15H23N3/c1-10(2)14-12-8-16-9-13(12)17-15(18-14)11-6-4-3-5-7-11/h10-11,16H,3-9H2,1-2H3. The lowest BCUT2D eigenvalue weighted by molar-refractivity contribution is 0.426. The van der Waals surface area contributed by atoms with Crippen LogP contribution in [0.15, 0.2) is 0 Å². The zero-order chi connectivity index (χ0) is 12.5. The monoisotopic (exact) mass is 245 g/mol. The third-order valence-electron chi connectivity index (χ3n) is 4.25. The second-order valence-corrected chi connectivity index (χ2v) is 5.99. The summed E-state index contributed by atoms with van der Waals surface area (Å²) in [7, 11) is 0. The van der Waals surface area contributed by atoms with Gasteiger partial charge in [-0.2, -0.15) is 0 Å². The van der Waals surface area contributed by atoms with Crippen LogP contribution >= 0.6 is 0 Å². The molecular weight excluding hydrogens is 222 g/mol. The first kappa shape index (κ1) is 12.1. The summed E-state index contributed by atoms with van der Waals surface area (Å²) in [5, 5.41) is 3.41. The number of fused-ring (bicyclic) bond motifs is 1. The topological polar surface area (TPSA) is 37.8 Å². The first-order valence-electron chi connectivity index (χ1n) is 7.36. The molecule has 3 nitrogen and oxygen atoms in total. The lowest BCUT2D eigenvalue weighted by Gasteiger charge is -2.22. The summed E-state index contributed by atoms with van der Waals surface area (Å²) in [4.78, 5) is 9.76. The van der Waals surface area contributed by atoms with Crippen LogP contribution in [0.5, 0.6) is 0 Å². The molecule has 1 N–H and O–H groups in total. The lowest BCUT2D eigenvalue weighted by atomic mass is 9.88. The number of aromatic nitrogens is 2. The summed E-state index contributed by atoms with van der Waals surface area (Å²) in [5.41, 5.74) is 3.91. The SMILES string of the molecule is CC(C)c1nc(C2CCCCC2)nc2c1CNC2. The number of hydrogen-bond acceptors (Lipinski definition) is 3. The van der Waals surface area contributed by atoms with Crippen LogP contribution in [0.3, 0.4) is 0 Å². The van der Waals surface area contributed by atoms with Crippen LogP contribution in [-0.4, -0.2) is 9.97 Å². The van der Waals surface area contributed by atoms with Crippen molar-refractivity contribution in [2.75, 3.05) is 0 Å². The van der Waals surface area contributed by atoms with Crippen LogP contribution in [0.25, 0.3) is 0 Å². The molecule has 0 spiro atoms. The Morgan fingerprint density at radius 2 is 1.83 bits per heavy atom. The highest BCUT2D eigenvalue weighted by Gasteiger charge is 2.24. The molecule has 1 aliphatic carbocycles. The molecule has 0 atom stereocenters. The Labute approximate surface area is 109 Å². The van der Waals surface area contributed by atoms with Gasteiger partial charge in [-0.3, -0.25) is 0 Å². The molecule has 1 fully saturated rings. The second kappa shape index (κ2) is 4.96. The maximum atomic E-state index is 4.92. The number of rotatable bonds is 2. The normalized spacial score (nSPS) is 20.4. The maximum Gasteiger partial charge on any atom is 0.132 e. The third-order valence-corrected chi connectivity index (χ3v) is 4.25. The van der Waals surface area contributed by atoms with Crippen LogP contribution in [0, 0.1) is 0 Å². The first-order chi connectivity index (χ1) is 8.75. The summed E-state index contributed by atoms with van der Waals surface area (Å²) in [5.74, 6) is 2.24. The smallest absolute Gasteiger partial charge is 0.132 e. The Kier molecular flexibility index (Phi) is 3.33. The highest BCUT2D eigenvalue weighted by molar-refractivity contribution is 5.31. The Morgan fingerprint density at radius 1 is 1.06 bits per heavy atom. The van der Waals surface area contributed by atoms with Crippen molar-refractivity contribution in [3.05, 3.63) is 22.8 Å². The quantitative estimate of drug-likeness (QED) is 0.869. The van der Waals surface area contributed by atoms with Crippen molar-refractivity contribution in [2.45, 2.75) is 70.9 Å². The average Bonchev–Trinajstić information content (AvgIpc) is 2.86. The van der Waals surface area contributed by atoms with E-state index < -0.39 is 0 Å². The molecule has 0 amide bonds. The zero-order valence-corrected chi connectivity index (χ0v) is 11.5. The Bertz CT molecular complexity index is 434. The molecule has 1 aliphatic heterocycles. The fourth-order valence-corrected chi connectivity index (χ4v) is 3.24. The van der Waals surface area contributed by atoms with Gasteiger partial charge in [-0.1, -0.05) is 33.1 Å². The predicted octanol–water partition coefficient (Wildman–Crippen LogP) is 3.25. The van der Waals surface area contributed by atoms with Crippen molar-refractivity contribution in [3.8, 4) is 0 Å². The highest BCUT2D eigenvalue weighted by atomic mass is 15.0. The molecule has 1 aromatic rings. The van der Waals surface area contributed by atoms with Gasteiger partial charge >= 0.3 is 0 Å². The van der Waals surface area contributed by atoms with Crippen molar-refractivity contribution in [1.82, 2.24) is 15.3 Å². The van der Waals surface area contributed by atoms with Gasteiger partial charge in [-0.15, -0.1) is 0 Å². The van der Waals surface area contributed by atoms with Gasteiger partial charge in [-0.25, -0.2) is 9.97 Å². The largest absolute Gasteiger partial charge is 0.307 e. The Morgan fingerprint density at radius 3 is 2.56 bits per heavy atom. The summed E-state index contributed by atoms with van der Waals surface area (Å²) in [6.07, 6.45) is 6.65. The van der Waals surface area contributed by atoms with E-state index in [1.165, 1.54) is 49.1 Å². The maximum absolute atomic E-state index is 4.92. The minimum atomic E-state index is 0.504. The van der Waals surface area contributed by atoms with E-state index in [9.17, 15) is 0 Å². The van der Waals surface area contributed by atoms with E-state index in [0.717, 1.165) is 18.9 Å². The first-order valence-corrected chi connectivity index (χ1v) is 7.36. The average molecular weight is 245 g/mol. The molecule has 0 unspecified atom stereocenters. The Hall–Kier alpha value is -0.960. The van der Waals surface area contributed by atoms with Crippen molar-refractivity contribution in [1.29, 1.82) is 0 Å². The van der Waals surface area contributed by atoms with Crippen LogP contribution < -0.4 is 5.32 Å². The number of nitrogens with one attached hydrogen (secondary N) is 1. The van der Waals surface area contributed by atoms with Gasteiger partial charge in [0.1, 0.15) is 5.82 Å². The van der Waals surface area contributed by atoms with Gasteiger partial charge in [0.05, 0.1) is 11.4 Å². The second-order valence-electron chi connectivity index (χ2n) is 5.99. The molecule has 0 aromatic carbocycles. The Balaban J connectivity index is 1.97. The van der Waals surface area contributed by atoms with Crippen molar-refractivity contribution in [3.63, 3.8) is 0 Å². The molecule has 18 heavy (non-hydrogen) atoms. The fraction of sp³-hybridized carbons (Fsp3) is 0.733. The molecule has 1 saturated carbocycles.